The van der Waals surface area contributed by atoms with Gasteiger partial charge in [0.15, 0.2) is 0 Å². The molecule has 1 heterocycles. The van der Waals surface area contributed by atoms with Crippen LogP contribution in [0.5, 0.6) is 0 Å². The average Bonchev–Trinajstić information content (AvgIpc) is 3.45. The predicted molar refractivity (Wildman–Crippen MR) is 165 cm³/mol. The number of carbonyl (C=O) groups excluding carboxylic acids is 1. The highest BCUT2D eigenvalue weighted by molar-refractivity contribution is 7.18. The largest absolute Gasteiger partial charge is 0.462 e. The predicted octanol–water partition coefficient (Wildman–Crippen LogP) is 9.99. The van der Waals surface area contributed by atoms with Crippen LogP contribution < -0.4 is 4.90 Å². The minimum atomic E-state index is -0.234. The maximum atomic E-state index is 12.3. The highest BCUT2D eigenvalue weighted by atomic mass is 32.1. The Bertz CT molecular complexity index is 1310. The van der Waals surface area contributed by atoms with Gasteiger partial charge in [-0.05, 0) is 77.2 Å². The van der Waals surface area contributed by atoms with Gasteiger partial charge in [-0.3, -0.25) is 0 Å². The van der Waals surface area contributed by atoms with Crippen molar-refractivity contribution in [1.82, 2.24) is 0 Å². The highest BCUT2D eigenvalue weighted by Crippen LogP contribution is 2.36. The van der Waals surface area contributed by atoms with Gasteiger partial charge in [0, 0.05) is 29.0 Å². The minimum absolute atomic E-state index is 0.234. The van der Waals surface area contributed by atoms with Gasteiger partial charge < -0.3 is 9.64 Å². The van der Waals surface area contributed by atoms with E-state index >= 15 is 0 Å². The van der Waals surface area contributed by atoms with Crippen LogP contribution in [0.3, 0.4) is 0 Å². The van der Waals surface area contributed by atoms with Gasteiger partial charge in [0.05, 0.1) is 12.2 Å². The third kappa shape index (κ3) is 7.48. The number of ether oxygens (including phenoxy) is 1. The Morgan fingerprint density at radius 2 is 1.34 bits per heavy atom. The summed E-state index contributed by atoms with van der Waals surface area (Å²) in [6.07, 6.45) is 9.54. The molecule has 3 aromatic carbocycles. The molecule has 0 atom stereocenters. The first kappa shape index (κ1) is 27.9. The molecule has 4 aromatic rings. The van der Waals surface area contributed by atoms with Crippen molar-refractivity contribution >= 4 is 33.8 Å². The summed E-state index contributed by atoms with van der Waals surface area (Å²) < 4.78 is 5.42. The molecule has 4 heteroatoms. The lowest BCUT2D eigenvalue weighted by Crippen LogP contribution is -2.18. The summed E-state index contributed by atoms with van der Waals surface area (Å²) in [6, 6.07) is 25.7. The van der Waals surface area contributed by atoms with E-state index in [1.54, 1.807) is 11.3 Å². The molecule has 200 valence electrons. The molecule has 0 bridgehead atoms. The van der Waals surface area contributed by atoms with Crippen LogP contribution in [0, 0.1) is 0 Å². The van der Waals surface area contributed by atoms with Gasteiger partial charge in [-0.15, -0.1) is 11.3 Å². The molecule has 0 saturated heterocycles. The zero-order chi connectivity index (χ0) is 26.7. The summed E-state index contributed by atoms with van der Waals surface area (Å²) in [5.41, 5.74) is 4.25. The van der Waals surface area contributed by atoms with Crippen molar-refractivity contribution in [1.29, 1.82) is 0 Å². The molecule has 4 rings (SSSR count). The van der Waals surface area contributed by atoms with Crippen LogP contribution in [0.25, 0.3) is 31.7 Å². The van der Waals surface area contributed by atoms with Crippen molar-refractivity contribution in [2.75, 3.05) is 25.1 Å². The van der Waals surface area contributed by atoms with Crippen LogP contribution in [-0.2, 0) is 4.74 Å². The number of benzene rings is 3. The Morgan fingerprint density at radius 1 is 0.711 bits per heavy atom. The van der Waals surface area contributed by atoms with Crippen molar-refractivity contribution in [3.8, 4) is 20.9 Å². The second-order valence-electron chi connectivity index (χ2n) is 10.2. The number of fused-ring (bicyclic) bond motifs is 1. The zero-order valence-corrected chi connectivity index (χ0v) is 24.0. The first-order chi connectivity index (χ1) is 18.6. The second-order valence-corrected chi connectivity index (χ2v) is 11.3. The van der Waals surface area contributed by atoms with Crippen LogP contribution in [0.1, 0.15) is 75.6 Å². The van der Waals surface area contributed by atoms with E-state index < -0.39 is 0 Å². The van der Waals surface area contributed by atoms with Gasteiger partial charge >= 0.3 is 5.97 Å². The second kappa shape index (κ2) is 14.2. The quantitative estimate of drug-likeness (QED) is 0.121. The molecule has 1 aromatic heterocycles. The fraction of sp³-hybridized carbons (Fsp3) is 0.382. The third-order valence-corrected chi connectivity index (χ3v) is 8.32. The van der Waals surface area contributed by atoms with Crippen molar-refractivity contribution in [2.24, 2.45) is 0 Å². The Hall–Kier alpha value is -3.11. The average molecular weight is 528 g/mol. The van der Waals surface area contributed by atoms with Gasteiger partial charge in [0.2, 0.25) is 0 Å². The van der Waals surface area contributed by atoms with E-state index in [4.69, 9.17) is 4.74 Å². The summed E-state index contributed by atoms with van der Waals surface area (Å²) >= 11 is 1.78. The number of unbranched alkanes of at least 4 members (excludes halogenated alkanes) is 6. The van der Waals surface area contributed by atoms with Gasteiger partial charge in [0.1, 0.15) is 0 Å². The number of carbonyl (C=O) groups is 1. The van der Waals surface area contributed by atoms with E-state index in [1.165, 1.54) is 70.3 Å². The summed E-state index contributed by atoms with van der Waals surface area (Å²) in [5.74, 6) is -0.234. The number of nitrogens with zero attached hydrogens (tertiary/aromatic N) is 1. The van der Waals surface area contributed by atoms with Crippen LogP contribution in [0.4, 0.5) is 5.69 Å². The van der Waals surface area contributed by atoms with E-state index in [0.29, 0.717) is 12.2 Å². The van der Waals surface area contributed by atoms with E-state index in [-0.39, 0.29) is 5.97 Å². The molecule has 0 radical (unpaired) electrons. The number of anilines is 1. The molecule has 0 saturated carbocycles. The molecular weight excluding hydrogens is 486 g/mol. The SMILES string of the molecule is CCCCCCOC(=O)c1ccc(-c2ccc(-c3ccc4cc(N(C)CCCCCC)ccc4c3)s2)cc1. The molecule has 0 aliphatic rings. The third-order valence-electron chi connectivity index (χ3n) is 7.14. The number of hydrogen-bond acceptors (Lipinski definition) is 4. The summed E-state index contributed by atoms with van der Waals surface area (Å²) in [4.78, 5) is 17.1. The van der Waals surface area contributed by atoms with Crippen molar-refractivity contribution in [2.45, 2.75) is 65.2 Å². The lowest BCUT2D eigenvalue weighted by molar-refractivity contribution is 0.0498. The minimum Gasteiger partial charge on any atom is -0.462 e. The van der Waals surface area contributed by atoms with Crippen LogP contribution in [0.2, 0.25) is 0 Å². The number of rotatable bonds is 14. The molecule has 0 aliphatic heterocycles. The van der Waals surface area contributed by atoms with Crippen molar-refractivity contribution in [3.63, 3.8) is 0 Å². The molecule has 3 nitrogen and oxygen atoms in total. The lowest BCUT2D eigenvalue weighted by Gasteiger charge is -2.20. The summed E-state index contributed by atoms with van der Waals surface area (Å²) in [7, 11) is 2.19. The molecule has 0 spiro atoms. The highest BCUT2D eigenvalue weighted by Gasteiger charge is 2.10. The van der Waals surface area contributed by atoms with Gasteiger partial charge in [-0.1, -0.05) is 82.7 Å². The molecule has 38 heavy (non-hydrogen) atoms. The van der Waals surface area contributed by atoms with Crippen LogP contribution in [0.15, 0.2) is 72.8 Å². The smallest absolute Gasteiger partial charge is 0.338 e. The lowest BCUT2D eigenvalue weighted by atomic mass is 10.0. The standard InChI is InChI=1S/C34H41NO2S/c1-4-6-8-10-22-35(3)31-19-18-28-24-30(17-16-29(28)25-31)33-21-20-32(38-33)26-12-14-27(15-13-26)34(36)37-23-11-9-7-5-2/h12-21,24-25H,4-11,22-23H2,1-3H3. The Morgan fingerprint density at radius 3 is 2.08 bits per heavy atom. The Labute approximate surface area is 232 Å². The Balaban J connectivity index is 1.39. The van der Waals surface area contributed by atoms with E-state index in [1.807, 2.05) is 24.3 Å². The first-order valence-corrected chi connectivity index (χ1v) is 15.0. The molecule has 0 amide bonds. The van der Waals surface area contributed by atoms with E-state index in [9.17, 15) is 4.79 Å². The maximum Gasteiger partial charge on any atom is 0.338 e. The monoisotopic (exact) mass is 527 g/mol. The fourth-order valence-corrected chi connectivity index (χ4v) is 5.73. The van der Waals surface area contributed by atoms with Crippen molar-refractivity contribution in [3.05, 3.63) is 78.4 Å². The van der Waals surface area contributed by atoms with Crippen LogP contribution in [-0.4, -0.2) is 26.2 Å². The molecular formula is C34H41NO2S. The topological polar surface area (TPSA) is 29.5 Å². The fourth-order valence-electron chi connectivity index (χ4n) is 4.72. The molecule has 0 unspecified atom stereocenters. The first-order valence-electron chi connectivity index (χ1n) is 14.2. The molecule has 0 fully saturated rings. The van der Waals surface area contributed by atoms with Crippen molar-refractivity contribution < 1.29 is 9.53 Å². The van der Waals surface area contributed by atoms with Crippen LogP contribution >= 0.6 is 11.3 Å². The summed E-state index contributed by atoms with van der Waals surface area (Å²) in [5, 5.41) is 2.54. The summed E-state index contributed by atoms with van der Waals surface area (Å²) in [6.45, 7) is 6.03. The van der Waals surface area contributed by atoms with E-state index in [2.05, 4.69) is 74.3 Å². The zero-order valence-electron chi connectivity index (χ0n) is 23.2. The maximum absolute atomic E-state index is 12.3. The Kier molecular flexibility index (Phi) is 10.4. The molecule has 0 aliphatic carbocycles. The number of thiophene rings is 1. The van der Waals surface area contributed by atoms with Gasteiger partial charge in [0.25, 0.3) is 0 Å². The normalized spacial score (nSPS) is 11.1. The number of hydrogen-bond donors (Lipinski definition) is 0. The van der Waals surface area contributed by atoms with Gasteiger partial charge in [-0.2, -0.15) is 0 Å². The van der Waals surface area contributed by atoms with Gasteiger partial charge in [-0.25, -0.2) is 4.79 Å². The number of esters is 1. The van der Waals surface area contributed by atoms with E-state index in [0.717, 1.165) is 24.9 Å². The molecule has 0 N–H and O–H groups in total.